The number of rotatable bonds is 8. The van der Waals surface area contributed by atoms with Gasteiger partial charge in [-0.05, 0) is 55.2 Å². The lowest BCUT2D eigenvalue weighted by atomic mass is 10.1. The Morgan fingerprint density at radius 1 is 1.10 bits per heavy atom. The summed E-state index contributed by atoms with van der Waals surface area (Å²) in [5, 5.41) is 10.9. The highest BCUT2D eigenvalue weighted by Crippen LogP contribution is 2.25. The molecule has 6 nitrogen and oxygen atoms in total. The number of nitrogens with one attached hydrogen (secondary N) is 1. The van der Waals surface area contributed by atoms with E-state index in [2.05, 4.69) is 15.5 Å². The lowest BCUT2D eigenvalue weighted by Gasteiger charge is -2.06. The normalized spacial score (nSPS) is 10.8. The molecule has 0 spiro atoms. The molecule has 0 aliphatic rings. The van der Waals surface area contributed by atoms with Crippen molar-refractivity contribution in [3.05, 3.63) is 64.5 Å². The van der Waals surface area contributed by atoms with Gasteiger partial charge in [0, 0.05) is 24.6 Å². The van der Waals surface area contributed by atoms with Gasteiger partial charge in [-0.15, -0.1) is 10.2 Å². The standard InChI is InChI=1S/C22H22FN3O3S/c1-13-4-5-18(10-14(13)2)21-25-26-22(29-21)30-12-20(28)17-7-6-16(19(23)11-17)8-9-24-15(3)27/h4-7,10-11H,8-9,12H2,1-3H3,(H,24,27). The Morgan fingerprint density at radius 3 is 2.60 bits per heavy atom. The molecule has 8 heteroatoms. The highest BCUT2D eigenvalue weighted by molar-refractivity contribution is 7.99. The van der Waals surface area contributed by atoms with Crippen molar-refractivity contribution in [2.45, 2.75) is 32.4 Å². The third kappa shape index (κ3) is 5.54. The van der Waals surface area contributed by atoms with Crippen LogP contribution in [0.4, 0.5) is 4.39 Å². The predicted molar refractivity (Wildman–Crippen MR) is 113 cm³/mol. The summed E-state index contributed by atoms with van der Waals surface area (Å²) in [5.41, 5.74) is 3.84. The zero-order chi connectivity index (χ0) is 21.7. The van der Waals surface area contributed by atoms with Crippen LogP contribution < -0.4 is 5.32 Å². The summed E-state index contributed by atoms with van der Waals surface area (Å²) in [7, 11) is 0. The van der Waals surface area contributed by atoms with E-state index in [4.69, 9.17) is 4.42 Å². The third-order valence-corrected chi connectivity index (χ3v) is 5.45. The zero-order valence-corrected chi connectivity index (χ0v) is 17.8. The summed E-state index contributed by atoms with van der Waals surface area (Å²) in [4.78, 5) is 23.3. The maximum Gasteiger partial charge on any atom is 0.277 e. The lowest BCUT2D eigenvalue weighted by Crippen LogP contribution is -2.22. The van der Waals surface area contributed by atoms with E-state index in [-0.39, 0.29) is 28.2 Å². The minimum Gasteiger partial charge on any atom is -0.411 e. The highest BCUT2D eigenvalue weighted by atomic mass is 32.2. The number of nitrogens with zero attached hydrogens (tertiary/aromatic N) is 2. The van der Waals surface area contributed by atoms with E-state index in [1.807, 2.05) is 32.0 Å². The number of benzene rings is 2. The van der Waals surface area contributed by atoms with Crippen LogP contribution in [0.2, 0.25) is 0 Å². The minimum atomic E-state index is -0.467. The molecule has 0 atom stereocenters. The molecular weight excluding hydrogens is 405 g/mol. The van der Waals surface area contributed by atoms with Crippen molar-refractivity contribution in [3.8, 4) is 11.5 Å². The molecule has 156 valence electrons. The van der Waals surface area contributed by atoms with Gasteiger partial charge in [0.15, 0.2) is 5.78 Å². The van der Waals surface area contributed by atoms with Gasteiger partial charge < -0.3 is 9.73 Å². The number of Topliss-reactive ketones (excluding diaryl/α,β-unsaturated/α-hetero) is 1. The molecular formula is C22H22FN3O3S. The molecule has 0 radical (unpaired) electrons. The van der Waals surface area contributed by atoms with Gasteiger partial charge in [-0.1, -0.05) is 30.0 Å². The number of amides is 1. The molecule has 0 unspecified atom stereocenters. The first-order valence-corrected chi connectivity index (χ1v) is 10.4. The Morgan fingerprint density at radius 2 is 1.90 bits per heavy atom. The number of carbonyl (C=O) groups is 2. The maximum atomic E-state index is 14.2. The van der Waals surface area contributed by atoms with Gasteiger partial charge in [0.2, 0.25) is 11.8 Å². The van der Waals surface area contributed by atoms with E-state index in [0.29, 0.717) is 24.4 Å². The fourth-order valence-corrected chi connectivity index (χ4v) is 3.42. The van der Waals surface area contributed by atoms with E-state index < -0.39 is 5.82 Å². The van der Waals surface area contributed by atoms with E-state index >= 15 is 0 Å². The molecule has 1 N–H and O–H groups in total. The maximum absolute atomic E-state index is 14.2. The number of thioether (sulfide) groups is 1. The second-order valence-electron chi connectivity index (χ2n) is 6.92. The molecule has 3 rings (SSSR count). The van der Waals surface area contributed by atoms with Gasteiger partial charge in [0.1, 0.15) is 5.82 Å². The van der Waals surface area contributed by atoms with Crippen LogP contribution in [0.15, 0.2) is 46.0 Å². The molecule has 0 aliphatic carbocycles. The molecule has 3 aromatic rings. The molecule has 1 aromatic heterocycles. The topological polar surface area (TPSA) is 85.1 Å². The first-order chi connectivity index (χ1) is 14.3. The van der Waals surface area contributed by atoms with E-state index in [9.17, 15) is 14.0 Å². The number of aryl methyl sites for hydroxylation is 2. The van der Waals surface area contributed by atoms with Crippen LogP contribution >= 0.6 is 11.8 Å². The van der Waals surface area contributed by atoms with Gasteiger partial charge in [0.05, 0.1) is 5.75 Å². The predicted octanol–water partition coefficient (Wildman–Crippen LogP) is 4.15. The molecule has 2 aromatic carbocycles. The van der Waals surface area contributed by atoms with Gasteiger partial charge in [-0.25, -0.2) is 4.39 Å². The number of carbonyl (C=O) groups excluding carboxylic acids is 2. The monoisotopic (exact) mass is 427 g/mol. The zero-order valence-electron chi connectivity index (χ0n) is 17.0. The Balaban J connectivity index is 1.59. The smallest absolute Gasteiger partial charge is 0.277 e. The summed E-state index contributed by atoms with van der Waals surface area (Å²) in [6.07, 6.45) is 0.359. The Kier molecular flexibility index (Phi) is 6.99. The Bertz CT molecular complexity index is 1080. The van der Waals surface area contributed by atoms with Crippen molar-refractivity contribution < 1.29 is 18.4 Å². The molecule has 1 amide bonds. The fraction of sp³-hybridized carbons (Fsp3) is 0.273. The number of ketones is 1. The summed E-state index contributed by atoms with van der Waals surface area (Å²) in [6, 6.07) is 10.2. The Hall–Kier alpha value is -3.00. The largest absolute Gasteiger partial charge is 0.411 e. The van der Waals surface area contributed by atoms with E-state index in [0.717, 1.165) is 22.9 Å². The molecule has 0 bridgehead atoms. The van der Waals surface area contributed by atoms with Crippen LogP contribution in [-0.4, -0.2) is 34.2 Å². The third-order valence-electron chi connectivity index (χ3n) is 4.63. The van der Waals surface area contributed by atoms with Gasteiger partial charge >= 0.3 is 0 Å². The average Bonchev–Trinajstić information content (AvgIpc) is 3.18. The summed E-state index contributed by atoms with van der Waals surface area (Å²) in [5.74, 6) is -0.424. The molecule has 0 aliphatic heterocycles. The lowest BCUT2D eigenvalue weighted by molar-refractivity contribution is -0.118. The van der Waals surface area contributed by atoms with Crippen molar-refractivity contribution in [2.24, 2.45) is 0 Å². The van der Waals surface area contributed by atoms with Crippen molar-refractivity contribution in [3.63, 3.8) is 0 Å². The average molecular weight is 428 g/mol. The molecule has 0 saturated carbocycles. The molecule has 0 fully saturated rings. The number of halogens is 1. The first-order valence-electron chi connectivity index (χ1n) is 9.43. The van der Waals surface area contributed by atoms with Crippen LogP contribution in [0, 0.1) is 19.7 Å². The van der Waals surface area contributed by atoms with Crippen LogP contribution in [-0.2, 0) is 11.2 Å². The van der Waals surface area contributed by atoms with Crippen molar-refractivity contribution in [1.29, 1.82) is 0 Å². The SMILES string of the molecule is CC(=O)NCCc1ccc(C(=O)CSc2nnc(-c3ccc(C)c(C)c3)o2)cc1F. The number of hydrogen-bond acceptors (Lipinski definition) is 6. The van der Waals surface area contributed by atoms with Crippen LogP contribution in [0.3, 0.4) is 0 Å². The molecule has 1 heterocycles. The van der Waals surface area contributed by atoms with Gasteiger partial charge in [-0.3, -0.25) is 9.59 Å². The van der Waals surface area contributed by atoms with Crippen molar-refractivity contribution in [2.75, 3.05) is 12.3 Å². The number of hydrogen-bond donors (Lipinski definition) is 1. The Labute approximate surface area is 178 Å². The summed E-state index contributed by atoms with van der Waals surface area (Å²) < 4.78 is 19.9. The van der Waals surface area contributed by atoms with Gasteiger partial charge in [-0.2, -0.15) is 0 Å². The summed E-state index contributed by atoms with van der Waals surface area (Å²) in [6.45, 7) is 5.78. The second kappa shape index (κ2) is 9.67. The minimum absolute atomic E-state index is 0.0548. The van der Waals surface area contributed by atoms with Gasteiger partial charge in [0.25, 0.3) is 5.22 Å². The van der Waals surface area contributed by atoms with Crippen molar-refractivity contribution >= 4 is 23.5 Å². The first kappa shape index (κ1) is 21.7. The fourth-order valence-electron chi connectivity index (χ4n) is 2.77. The van der Waals surface area contributed by atoms with E-state index in [1.54, 1.807) is 12.1 Å². The second-order valence-corrected chi connectivity index (χ2v) is 7.85. The highest BCUT2D eigenvalue weighted by Gasteiger charge is 2.14. The van der Waals surface area contributed by atoms with Crippen molar-refractivity contribution in [1.82, 2.24) is 15.5 Å². The van der Waals surface area contributed by atoms with Crippen LogP contribution in [0.1, 0.15) is 34.0 Å². The van der Waals surface area contributed by atoms with Crippen LogP contribution in [0.25, 0.3) is 11.5 Å². The molecule has 0 saturated heterocycles. The number of aromatic nitrogens is 2. The summed E-state index contributed by atoms with van der Waals surface area (Å²) >= 11 is 1.11. The quantitative estimate of drug-likeness (QED) is 0.429. The molecule has 30 heavy (non-hydrogen) atoms. The van der Waals surface area contributed by atoms with E-state index in [1.165, 1.54) is 18.6 Å². The van der Waals surface area contributed by atoms with Crippen LogP contribution in [0.5, 0.6) is 0 Å².